The molecule has 0 radical (unpaired) electrons. The largest absolute Gasteiger partial charge is 0.179 e. The van der Waals surface area contributed by atoms with Gasteiger partial charge in [-0.25, -0.2) is 0 Å². The van der Waals surface area contributed by atoms with Crippen molar-refractivity contribution in [3.63, 3.8) is 0 Å². The van der Waals surface area contributed by atoms with Crippen LogP contribution in [0, 0.1) is 23.2 Å². The molecule has 4 bridgehead atoms. The average Bonchev–Trinajstić information content (AvgIpc) is 2.15. The van der Waals surface area contributed by atoms with Gasteiger partial charge in [-0.1, -0.05) is 6.42 Å². The molecule has 4 fully saturated rings. The minimum absolute atomic E-state index is 0.817. The van der Waals surface area contributed by atoms with Gasteiger partial charge >= 0.3 is 0 Å². The van der Waals surface area contributed by atoms with Gasteiger partial charge in [0.05, 0.1) is 0 Å². The fourth-order valence-corrected chi connectivity index (χ4v) is 5.43. The predicted octanol–water partition coefficient (Wildman–Crippen LogP) is 4.30. The van der Waals surface area contributed by atoms with Gasteiger partial charge in [-0.3, -0.25) is 0 Å². The van der Waals surface area contributed by atoms with Gasteiger partial charge in [0, 0.05) is 0 Å². The maximum Gasteiger partial charge on any atom is -0.00979 e. The second kappa shape index (κ2) is 3.98. The monoisotopic (exact) mass is 224 g/mol. The Balaban J connectivity index is 1.65. The van der Waals surface area contributed by atoms with E-state index in [0.717, 1.165) is 28.9 Å². The zero-order valence-electron chi connectivity index (χ0n) is 9.75. The summed E-state index contributed by atoms with van der Waals surface area (Å²) >= 11 is 4.33. The van der Waals surface area contributed by atoms with Crippen LogP contribution >= 0.6 is 12.6 Å². The van der Waals surface area contributed by atoms with Crippen LogP contribution < -0.4 is 0 Å². The van der Waals surface area contributed by atoms with E-state index in [2.05, 4.69) is 12.6 Å². The minimum Gasteiger partial charge on any atom is -0.179 e. The highest BCUT2D eigenvalue weighted by Gasteiger charge is 2.50. The van der Waals surface area contributed by atoms with Gasteiger partial charge in [0.15, 0.2) is 0 Å². The molecule has 0 nitrogen and oxygen atoms in total. The molecule has 0 aromatic rings. The molecule has 0 heterocycles. The number of unbranched alkanes of at least 4 members (excludes halogenated alkanes) is 1. The maximum absolute atomic E-state index is 4.33. The molecule has 1 heteroatoms. The van der Waals surface area contributed by atoms with Gasteiger partial charge in [-0.15, -0.1) is 0 Å². The van der Waals surface area contributed by atoms with Crippen LogP contribution in [0.1, 0.15) is 57.8 Å². The lowest BCUT2D eigenvalue weighted by atomic mass is 9.48. The molecule has 0 saturated heterocycles. The first-order chi connectivity index (χ1) is 7.30. The van der Waals surface area contributed by atoms with Crippen molar-refractivity contribution in [2.75, 3.05) is 5.75 Å². The lowest BCUT2D eigenvalue weighted by Crippen LogP contribution is -2.45. The summed E-state index contributed by atoms with van der Waals surface area (Å²) in [5.74, 6) is 4.48. The first kappa shape index (κ1) is 10.5. The highest BCUT2D eigenvalue weighted by molar-refractivity contribution is 7.80. The van der Waals surface area contributed by atoms with E-state index < -0.39 is 0 Å². The van der Waals surface area contributed by atoms with Crippen LogP contribution in [0.4, 0.5) is 0 Å². The fraction of sp³-hybridized carbons (Fsp3) is 1.00. The Bertz CT molecular complexity index is 198. The summed E-state index contributed by atoms with van der Waals surface area (Å²) in [6.07, 6.45) is 13.8. The molecule has 0 amide bonds. The molecule has 0 aromatic carbocycles. The average molecular weight is 224 g/mol. The van der Waals surface area contributed by atoms with Crippen molar-refractivity contribution in [1.82, 2.24) is 0 Å². The van der Waals surface area contributed by atoms with E-state index in [0.29, 0.717) is 0 Å². The van der Waals surface area contributed by atoms with Crippen LogP contribution in [0.5, 0.6) is 0 Å². The lowest BCUT2D eigenvalue weighted by molar-refractivity contribution is -0.0581. The molecule has 0 atom stereocenters. The van der Waals surface area contributed by atoms with Crippen molar-refractivity contribution in [2.24, 2.45) is 23.2 Å². The third-order valence-electron chi connectivity index (χ3n) is 5.28. The van der Waals surface area contributed by atoms with E-state index in [1.165, 1.54) is 19.3 Å². The highest BCUT2D eigenvalue weighted by atomic mass is 32.1. The molecule has 15 heavy (non-hydrogen) atoms. The van der Waals surface area contributed by atoms with Crippen molar-refractivity contribution < 1.29 is 0 Å². The summed E-state index contributed by atoms with van der Waals surface area (Å²) in [7, 11) is 0. The van der Waals surface area contributed by atoms with E-state index in [4.69, 9.17) is 0 Å². The predicted molar refractivity (Wildman–Crippen MR) is 68.3 cm³/mol. The molecule has 4 aliphatic rings. The van der Waals surface area contributed by atoms with Gasteiger partial charge in [0.2, 0.25) is 0 Å². The van der Waals surface area contributed by atoms with E-state index in [1.54, 1.807) is 38.5 Å². The SMILES string of the molecule is SCCCCC12CC3CC(CC(C3)C1)C2. The zero-order valence-corrected chi connectivity index (χ0v) is 10.6. The Morgan fingerprint density at radius 2 is 1.40 bits per heavy atom. The molecule has 0 aliphatic heterocycles. The first-order valence-electron chi connectivity index (χ1n) is 6.90. The van der Waals surface area contributed by atoms with Gasteiger partial charge in [-0.05, 0) is 80.3 Å². The Morgan fingerprint density at radius 1 is 0.867 bits per heavy atom. The molecule has 4 saturated carbocycles. The van der Waals surface area contributed by atoms with Crippen molar-refractivity contribution >= 4 is 12.6 Å². The summed E-state index contributed by atoms with van der Waals surface area (Å²) in [6.45, 7) is 0. The van der Waals surface area contributed by atoms with Crippen molar-refractivity contribution in [3.05, 3.63) is 0 Å². The van der Waals surface area contributed by atoms with Gasteiger partial charge < -0.3 is 0 Å². The summed E-state index contributed by atoms with van der Waals surface area (Å²) in [6, 6.07) is 0. The van der Waals surface area contributed by atoms with E-state index in [9.17, 15) is 0 Å². The Kier molecular flexibility index (Phi) is 2.79. The third-order valence-corrected chi connectivity index (χ3v) is 5.60. The second-order valence-electron chi connectivity index (χ2n) is 6.60. The highest BCUT2D eigenvalue weighted by Crippen LogP contribution is 2.61. The zero-order chi connectivity index (χ0) is 10.3. The molecule has 0 aromatic heterocycles. The number of rotatable bonds is 4. The van der Waals surface area contributed by atoms with Gasteiger partial charge in [0.25, 0.3) is 0 Å². The molecule has 0 N–H and O–H groups in total. The van der Waals surface area contributed by atoms with E-state index in [1.807, 2.05) is 0 Å². The van der Waals surface area contributed by atoms with Crippen LogP contribution in [0.2, 0.25) is 0 Å². The van der Waals surface area contributed by atoms with Crippen LogP contribution in [-0.4, -0.2) is 5.75 Å². The Hall–Kier alpha value is 0.350. The number of hydrogen-bond donors (Lipinski definition) is 1. The summed E-state index contributed by atoms with van der Waals surface area (Å²) in [5, 5.41) is 0. The van der Waals surface area contributed by atoms with Crippen molar-refractivity contribution in [2.45, 2.75) is 57.8 Å². The smallest absolute Gasteiger partial charge is 0.00979 e. The molecule has 0 spiro atoms. The third kappa shape index (κ3) is 1.97. The Morgan fingerprint density at radius 3 is 1.87 bits per heavy atom. The van der Waals surface area contributed by atoms with E-state index in [-0.39, 0.29) is 0 Å². The van der Waals surface area contributed by atoms with Crippen LogP contribution in [0.15, 0.2) is 0 Å². The minimum atomic E-state index is 0.817. The maximum atomic E-state index is 4.33. The van der Waals surface area contributed by atoms with Crippen molar-refractivity contribution in [3.8, 4) is 0 Å². The molecular formula is C14H24S. The molecule has 4 aliphatic carbocycles. The second-order valence-corrected chi connectivity index (χ2v) is 7.05. The van der Waals surface area contributed by atoms with Gasteiger partial charge in [0.1, 0.15) is 0 Å². The molecule has 4 rings (SSSR count). The Labute approximate surface area is 99.6 Å². The van der Waals surface area contributed by atoms with Crippen LogP contribution in [-0.2, 0) is 0 Å². The van der Waals surface area contributed by atoms with E-state index >= 15 is 0 Å². The summed E-state index contributed by atoms with van der Waals surface area (Å²) in [4.78, 5) is 0. The number of hydrogen-bond acceptors (Lipinski definition) is 1. The first-order valence-corrected chi connectivity index (χ1v) is 7.54. The fourth-order valence-electron chi connectivity index (χ4n) is 5.21. The lowest BCUT2D eigenvalue weighted by Gasteiger charge is -2.57. The molecule has 86 valence electrons. The van der Waals surface area contributed by atoms with Gasteiger partial charge in [-0.2, -0.15) is 12.6 Å². The normalized spacial score (nSPS) is 47.4. The summed E-state index contributed by atoms with van der Waals surface area (Å²) in [5.41, 5.74) is 0.817. The topological polar surface area (TPSA) is 0 Å². The molecule has 0 unspecified atom stereocenters. The summed E-state index contributed by atoms with van der Waals surface area (Å²) < 4.78 is 0. The van der Waals surface area contributed by atoms with Crippen LogP contribution in [0.25, 0.3) is 0 Å². The number of thiol groups is 1. The molecular weight excluding hydrogens is 200 g/mol. The van der Waals surface area contributed by atoms with Crippen LogP contribution in [0.3, 0.4) is 0 Å². The standard InChI is InChI=1S/C14H24S/c15-4-2-1-3-14-8-11-5-12(9-14)7-13(6-11)10-14/h11-13,15H,1-10H2. The van der Waals surface area contributed by atoms with Crippen molar-refractivity contribution in [1.29, 1.82) is 0 Å². The quantitative estimate of drug-likeness (QED) is 0.534.